The smallest absolute Gasteiger partial charge is 0.217 e. The third kappa shape index (κ3) is 22.9. The van der Waals surface area contributed by atoms with E-state index in [1.54, 1.807) is 0 Å². The van der Waals surface area contributed by atoms with E-state index < -0.39 is 402 Å². The van der Waals surface area contributed by atoms with E-state index in [1.807, 2.05) is 0 Å². The number of ether oxygens (including phenoxy) is 19. The van der Waals surface area contributed by atoms with Gasteiger partial charge in [0.05, 0.1) is 66.1 Å². The highest BCUT2D eigenvalue weighted by Gasteiger charge is 2.62. The van der Waals surface area contributed by atoms with Crippen molar-refractivity contribution in [2.45, 2.75) is 341 Å². The lowest BCUT2D eigenvalue weighted by molar-refractivity contribution is -0.390. The molecule has 0 spiro atoms. The fraction of sp³-hybridized carbons (Fsp3) is 0.929. The third-order valence-corrected chi connectivity index (χ3v) is 22.9. The van der Waals surface area contributed by atoms with Crippen molar-refractivity contribution in [1.82, 2.24) is 26.6 Å². The second-order valence-electron chi connectivity index (χ2n) is 31.7. The van der Waals surface area contributed by atoms with Crippen molar-refractivity contribution < 1.29 is 252 Å². The molecular weight excluding hydrogens is 1730 g/mol. The number of amides is 5. The zero-order valence-corrected chi connectivity index (χ0v) is 67.8. The van der Waals surface area contributed by atoms with E-state index in [0.717, 1.165) is 34.6 Å². The van der Waals surface area contributed by atoms with Crippen LogP contribution in [0, 0.1) is 0 Å². The Bertz CT molecular complexity index is 3440. The summed E-state index contributed by atoms with van der Waals surface area (Å²) >= 11 is 0. The summed E-state index contributed by atoms with van der Waals surface area (Å²) in [5.41, 5.74) is 0. The van der Waals surface area contributed by atoms with Crippen LogP contribution in [-0.2, 0) is 114 Å². The molecule has 0 saturated carbocycles. The first kappa shape index (κ1) is 104. The lowest BCUT2D eigenvalue weighted by Gasteiger charge is -2.51. The van der Waals surface area contributed by atoms with Gasteiger partial charge in [-0.3, -0.25) is 24.0 Å². The van der Waals surface area contributed by atoms with E-state index in [-0.39, 0.29) is 0 Å². The van der Waals surface area contributed by atoms with Crippen molar-refractivity contribution in [3.8, 4) is 0 Å². The van der Waals surface area contributed by atoms with E-state index in [0.29, 0.717) is 0 Å². The van der Waals surface area contributed by atoms with Crippen LogP contribution in [0.3, 0.4) is 0 Å². The van der Waals surface area contributed by atoms with Gasteiger partial charge in [-0.2, -0.15) is 0 Å². The minimum atomic E-state index is -2.57. The van der Waals surface area contributed by atoms with Gasteiger partial charge in [0.2, 0.25) is 29.5 Å². The molecule has 728 valence electrons. The first-order chi connectivity index (χ1) is 59.6. The molecule has 0 bridgehead atoms. The molecule has 10 heterocycles. The van der Waals surface area contributed by atoms with Crippen LogP contribution in [0.25, 0.3) is 0 Å². The van der Waals surface area contributed by atoms with Crippen LogP contribution in [0.15, 0.2) is 0 Å². The summed E-state index contributed by atoms with van der Waals surface area (Å²) in [7, 11) is 0. The van der Waals surface area contributed by atoms with Gasteiger partial charge in [-0.25, -0.2) is 0 Å². The molecule has 5 amide bonds. The summed E-state index contributed by atoms with van der Waals surface area (Å²) < 4.78 is 112. The van der Waals surface area contributed by atoms with E-state index in [1.165, 1.54) is 0 Å². The summed E-state index contributed by atoms with van der Waals surface area (Å²) in [5, 5.41) is 313. The lowest BCUT2D eigenvalue weighted by atomic mass is 9.93. The summed E-state index contributed by atoms with van der Waals surface area (Å²) in [4.78, 5) is 64.2. The van der Waals surface area contributed by atoms with Gasteiger partial charge in [0.1, 0.15) is 244 Å². The molecule has 0 aromatic heterocycles. The molecule has 10 saturated heterocycles. The van der Waals surface area contributed by atoms with Crippen LogP contribution in [0.1, 0.15) is 34.6 Å². The molecule has 0 aromatic carbocycles. The van der Waals surface area contributed by atoms with E-state index in [2.05, 4.69) is 26.6 Å². The van der Waals surface area contributed by atoms with E-state index in [4.69, 9.17) is 90.0 Å². The monoisotopic (exact) mass is 1840 g/mol. The third-order valence-electron chi connectivity index (χ3n) is 22.9. The summed E-state index contributed by atoms with van der Waals surface area (Å²) in [6.07, 6.45) is -93.4. The molecule has 56 heteroatoms. The average Bonchev–Trinajstić information content (AvgIpc) is 0.768. The molecule has 10 fully saturated rings. The highest BCUT2D eigenvalue weighted by atomic mass is 16.8. The van der Waals surface area contributed by atoms with Crippen molar-refractivity contribution in [2.24, 2.45) is 0 Å². The number of nitrogens with one attached hydrogen (secondary N) is 5. The zero-order valence-electron chi connectivity index (χ0n) is 67.8. The normalized spacial score (nSPS) is 48.4. The molecule has 56 nitrogen and oxygen atoms in total. The second-order valence-corrected chi connectivity index (χ2v) is 31.7. The fourth-order valence-electron chi connectivity index (χ4n) is 16.4. The topological polar surface area (TPSA) is 867 Å². The summed E-state index contributed by atoms with van der Waals surface area (Å²) in [5.74, 6) is -4.64. The van der Waals surface area contributed by atoms with Crippen molar-refractivity contribution in [2.75, 3.05) is 66.1 Å². The Kier molecular flexibility index (Phi) is 37.4. The highest BCUT2D eigenvalue weighted by Crippen LogP contribution is 2.41. The molecule has 0 aliphatic carbocycles. The van der Waals surface area contributed by atoms with Gasteiger partial charge in [-0.05, 0) is 0 Å². The highest BCUT2D eigenvalue weighted by molar-refractivity contribution is 5.75. The minimum absolute atomic E-state index is 0.813. The largest absolute Gasteiger partial charge is 0.394 e. The zero-order chi connectivity index (χ0) is 92.8. The Morgan fingerprint density at radius 2 is 0.405 bits per heavy atom. The predicted octanol–water partition coefficient (Wildman–Crippen LogP) is -22.1. The molecule has 32 N–H and O–H groups in total. The maximum Gasteiger partial charge on any atom is 0.217 e. The first-order valence-corrected chi connectivity index (χ1v) is 40.1. The fourth-order valence-corrected chi connectivity index (χ4v) is 16.4. The predicted molar refractivity (Wildman–Crippen MR) is 388 cm³/mol. The number of carbonyl (C=O) groups excluding carboxylic acids is 5. The first-order valence-electron chi connectivity index (χ1n) is 40.1. The average molecular weight is 1840 g/mol. The van der Waals surface area contributed by atoms with Crippen molar-refractivity contribution in [3.63, 3.8) is 0 Å². The summed E-state index contributed by atoms with van der Waals surface area (Å²) in [6, 6.07) is -9.43. The van der Waals surface area contributed by atoms with Crippen LogP contribution >= 0.6 is 0 Å². The number of aliphatic hydroxyl groups is 27. The number of carbonyl (C=O) groups is 5. The van der Waals surface area contributed by atoms with E-state index >= 15 is 0 Å². The Morgan fingerprint density at radius 3 is 0.675 bits per heavy atom. The molecule has 0 radical (unpaired) electrons. The quantitative estimate of drug-likeness (QED) is 0.0290. The van der Waals surface area contributed by atoms with Gasteiger partial charge >= 0.3 is 0 Å². The van der Waals surface area contributed by atoms with Gasteiger partial charge in [-0.1, -0.05) is 0 Å². The Balaban J connectivity index is 0.947. The number of rotatable bonds is 33. The van der Waals surface area contributed by atoms with Crippen LogP contribution in [0.2, 0.25) is 0 Å². The van der Waals surface area contributed by atoms with Gasteiger partial charge < -0.3 is 254 Å². The molecular formula is C70H117N5O51. The Hall–Kier alpha value is -4.49. The van der Waals surface area contributed by atoms with Crippen LogP contribution in [-0.4, -0.2) is 540 Å². The van der Waals surface area contributed by atoms with Crippen molar-refractivity contribution in [1.29, 1.82) is 0 Å². The summed E-state index contributed by atoms with van der Waals surface area (Å²) in [6.45, 7) is -6.32. The number of hydrogen-bond acceptors (Lipinski definition) is 51. The van der Waals surface area contributed by atoms with Gasteiger partial charge in [-0.15, -0.1) is 0 Å². The van der Waals surface area contributed by atoms with Crippen LogP contribution in [0.4, 0.5) is 0 Å². The van der Waals surface area contributed by atoms with Crippen molar-refractivity contribution in [3.05, 3.63) is 0 Å². The molecule has 50 atom stereocenters. The van der Waals surface area contributed by atoms with Gasteiger partial charge in [0.15, 0.2) is 62.9 Å². The molecule has 10 rings (SSSR count). The van der Waals surface area contributed by atoms with Crippen molar-refractivity contribution >= 4 is 29.5 Å². The molecule has 0 unspecified atom stereocenters. The Labute approximate surface area is 713 Å². The standard InChI is InChI=1S/C70H117N5O51/c1-16(85)71-31-42(96)36(90)21(6-76)110-63(31)123-57-38(92)23(8-78)112-67(49(57)103)119-53-27(12-82)115-62(33(44(53)98)73-18(3)87)108-15-30-41(95)60(126-66-35(75-20(5)89)45(99)54(28(13-83)117-66)120-68-50(104)58(39(93)24(9-79)113-68)124-64-32(72-17(2)86)43(97)37(91)22(7-77)111-64)52(106)70(118-30)121-55-29(14-84)116-65(34(46(55)100)74-19(4)88)125-59-40(94)25(10-80)114-69(51(59)105)122-56-26(11-81)109-61(107)48(102)47(56)101/h21-70,76-84,90-107H,6-15H2,1-5H3,(H,71,85)(H,72,86)(H,73,87)(H,74,88)(H,75,89)/t21-,22-,23-,24-,25-,26-,27-,28-,29-,30-,31-,32-,33-,34-,35-,36+,37+,38+,39+,40+,41+,42-,43-,44-,45-,46-,47-,48-,49-,50-,51-,52-,53-,54-,55-,56-,57+,58+,59+,60+,61-,62-,63-,64-,65+,66+,67+,68+,69+,70+/m1/s1. The lowest BCUT2D eigenvalue weighted by Crippen LogP contribution is -2.71. The van der Waals surface area contributed by atoms with Crippen LogP contribution in [0.5, 0.6) is 0 Å². The number of hydrogen-bond donors (Lipinski definition) is 32. The molecule has 126 heavy (non-hydrogen) atoms. The Morgan fingerprint density at radius 1 is 0.206 bits per heavy atom. The van der Waals surface area contributed by atoms with E-state index in [9.17, 15) is 162 Å². The van der Waals surface area contributed by atoms with Gasteiger partial charge in [0, 0.05) is 34.6 Å². The van der Waals surface area contributed by atoms with Crippen LogP contribution < -0.4 is 26.6 Å². The minimum Gasteiger partial charge on any atom is -0.394 e. The van der Waals surface area contributed by atoms with Gasteiger partial charge in [0.25, 0.3) is 0 Å². The number of aliphatic hydroxyl groups excluding tert-OH is 27. The molecule has 10 aliphatic heterocycles. The molecule has 10 aliphatic rings. The maximum atomic E-state index is 13.3. The molecule has 0 aromatic rings. The maximum absolute atomic E-state index is 13.3. The second kappa shape index (κ2) is 45.5. The SMILES string of the molecule is CC(=O)N[C@H]1[C@H](OC[C@H]2O[C@@H](O[C@H]3[C@H](O)[C@@H](NC(C)=O)[C@H](O[C@H]4[C@@H](O)[C@@H](CO)O[C@@H](O[C@H]5[C@H](O)[C@@H](O)[C@H](O)O[C@@H]5CO)[C@@H]4O)O[C@@H]3CO)[C@H](O)[C@@H](O[C@@H]3O[C@H](CO)[C@@H](O[C@@H]4O[C@H](CO)[C@H](O)[C@H](O[C@H]5O[C@H](CO)[C@H](O)[C@H](O)[C@H]5NC(C)=O)[C@H]4O)[C@H](O)[C@H]3NC(C)=O)[C@H]2O)O[C@H](CO)[C@@H](O[C@@H]2O[C@H](CO)[C@H](O)[C@H](O[C@H]3O[C@H](CO)[C@H](O)[C@H](O)[C@H]3NC(C)=O)[C@H]2O)[C@@H]1O.